The zero-order chi connectivity index (χ0) is 11.1. The summed E-state index contributed by atoms with van der Waals surface area (Å²) in [6, 6.07) is 2.02. The molecular formula is C11H15IN4. The summed E-state index contributed by atoms with van der Waals surface area (Å²) in [6.07, 6.45) is 0. The van der Waals surface area contributed by atoms with Crippen molar-refractivity contribution in [3.8, 4) is 0 Å². The first-order valence-electron chi connectivity index (χ1n) is 5.69. The van der Waals surface area contributed by atoms with Crippen LogP contribution in [0.5, 0.6) is 0 Å². The van der Waals surface area contributed by atoms with Crippen LogP contribution in [0.4, 0.5) is 5.95 Å². The first kappa shape index (κ1) is 10.7. The van der Waals surface area contributed by atoms with Crippen LogP contribution in [0.1, 0.15) is 5.69 Å². The van der Waals surface area contributed by atoms with Gasteiger partial charge < -0.3 is 10.2 Å². The van der Waals surface area contributed by atoms with E-state index in [1.165, 1.54) is 0 Å². The Morgan fingerprint density at radius 1 is 1.31 bits per heavy atom. The number of fused-ring (bicyclic) bond motifs is 1. The summed E-state index contributed by atoms with van der Waals surface area (Å²) in [5.74, 6) is 2.50. The second kappa shape index (κ2) is 4.10. The number of nitrogens with one attached hydrogen (secondary N) is 1. The van der Waals surface area contributed by atoms with Crippen LogP contribution in [0.3, 0.4) is 0 Å². The second-order valence-electron chi connectivity index (χ2n) is 4.72. The minimum absolute atomic E-state index is 0.793. The molecule has 3 heterocycles. The molecule has 3 rings (SSSR count). The lowest BCUT2D eigenvalue weighted by atomic mass is 10.0. The zero-order valence-corrected chi connectivity index (χ0v) is 11.4. The molecule has 1 aromatic rings. The highest BCUT2D eigenvalue weighted by molar-refractivity contribution is 14.1. The number of hydrogen-bond donors (Lipinski definition) is 1. The van der Waals surface area contributed by atoms with Crippen molar-refractivity contribution in [2.24, 2.45) is 11.8 Å². The normalized spacial score (nSPS) is 28.5. The first-order chi connectivity index (χ1) is 7.72. The van der Waals surface area contributed by atoms with Crippen LogP contribution in [-0.4, -0.2) is 36.1 Å². The van der Waals surface area contributed by atoms with E-state index in [0.717, 1.165) is 53.4 Å². The predicted molar refractivity (Wildman–Crippen MR) is 71.5 cm³/mol. The van der Waals surface area contributed by atoms with Gasteiger partial charge in [-0.05, 0) is 47.4 Å². The van der Waals surface area contributed by atoms with Crippen molar-refractivity contribution >= 4 is 28.5 Å². The minimum Gasteiger partial charge on any atom is -0.340 e. The number of anilines is 1. The van der Waals surface area contributed by atoms with Crippen LogP contribution in [0, 0.1) is 22.5 Å². The highest BCUT2D eigenvalue weighted by Gasteiger charge is 2.37. The lowest BCUT2D eigenvalue weighted by Crippen LogP contribution is -2.27. The summed E-state index contributed by atoms with van der Waals surface area (Å²) >= 11 is 2.26. The number of rotatable bonds is 1. The molecule has 2 aliphatic heterocycles. The average Bonchev–Trinajstić information content (AvgIpc) is 2.74. The number of aryl methyl sites for hydroxylation is 1. The molecule has 0 saturated carbocycles. The summed E-state index contributed by atoms with van der Waals surface area (Å²) in [7, 11) is 0. The maximum Gasteiger partial charge on any atom is 0.226 e. The fourth-order valence-electron chi connectivity index (χ4n) is 2.68. The largest absolute Gasteiger partial charge is 0.340 e. The first-order valence-corrected chi connectivity index (χ1v) is 6.77. The van der Waals surface area contributed by atoms with Crippen LogP contribution in [0.15, 0.2) is 6.07 Å². The molecule has 2 fully saturated rings. The fraction of sp³-hybridized carbons (Fsp3) is 0.636. The van der Waals surface area contributed by atoms with Crippen molar-refractivity contribution in [1.82, 2.24) is 15.3 Å². The van der Waals surface area contributed by atoms with E-state index in [0.29, 0.717) is 0 Å². The van der Waals surface area contributed by atoms with Gasteiger partial charge in [-0.15, -0.1) is 0 Å². The molecule has 86 valence electrons. The van der Waals surface area contributed by atoms with Gasteiger partial charge in [0.25, 0.3) is 0 Å². The van der Waals surface area contributed by atoms with E-state index in [9.17, 15) is 0 Å². The van der Waals surface area contributed by atoms with Crippen molar-refractivity contribution < 1.29 is 0 Å². The third-order valence-corrected chi connectivity index (χ3v) is 4.04. The second-order valence-corrected chi connectivity index (χ2v) is 5.82. The van der Waals surface area contributed by atoms with Crippen molar-refractivity contribution in [1.29, 1.82) is 0 Å². The van der Waals surface area contributed by atoms with E-state index >= 15 is 0 Å². The van der Waals surface area contributed by atoms with Crippen LogP contribution in [0.2, 0.25) is 0 Å². The van der Waals surface area contributed by atoms with Gasteiger partial charge in [0.05, 0.1) is 0 Å². The molecule has 1 unspecified atom stereocenters. The molecule has 0 aliphatic carbocycles. The Labute approximate surface area is 109 Å². The molecule has 2 saturated heterocycles. The van der Waals surface area contributed by atoms with Gasteiger partial charge in [0.2, 0.25) is 5.95 Å². The van der Waals surface area contributed by atoms with Crippen molar-refractivity contribution in [3.05, 3.63) is 15.5 Å². The maximum absolute atomic E-state index is 4.53. The Morgan fingerprint density at radius 3 is 2.62 bits per heavy atom. The van der Waals surface area contributed by atoms with E-state index in [1.807, 2.05) is 13.0 Å². The summed E-state index contributed by atoms with van der Waals surface area (Å²) in [5, 5.41) is 3.45. The molecule has 16 heavy (non-hydrogen) atoms. The van der Waals surface area contributed by atoms with E-state index in [-0.39, 0.29) is 0 Å². The van der Waals surface area contributed by atoms with Crippen LogP contribution < -0.4 is 10.2 Å². The Balaban J connectivity index is 1.83. The Morgan fingerprint density at radius 2 is 2.00 bits per heavy atom. The van der Waals surface area contributed by atoms with E-state index < -0.39 is 0 Å². The molecule has 1 aromatic heterocycles. The molecular weight excluding hydrogens is 315 g/mol. The Bertz CT molecular complexity index is 377. The van der Waals surface area contributed by atoms with Gasteiger partial charge >= 0.3 is 0 Å². The molecule has 0 radical (unpaired) electrons. The molecule has 0 amide bonds. The lowest BCUT2D eigenvalue weighted by Gasteiger charge is -2.17. The summed E-state index contributed by atoms with van der Waals surface area (Å²) in [4.78, 5) is 11.4. The van der Waals surface area contributed by atoms with Crippen LogP contribution in [0.25, 0.3) is 0 Å². The summed E-state index contributed by atoms with van der Waals surface area (Å²) in [5.41, 5.74) is 1.06. The van der Waals surface area contributed by atoms with Gasteiger partial charge in [0, 0.05) is 31.9 Å². The molecule has 0 bridgehead atoms. The van der Waals surface area contributed by atoms with Gasteiger partial charge in [0.1, 0.15) is 3.70 Å². The topological polar surface area (TPSA) is 41.1 Å². The third-order valence-electron chi connectivity index (χ3n) is 3.48. The molecule has 2 aliphatic rings. The standard InChI is InChI=1S/C11H15IN4/c1-7-2-10(12)15-11(14-7)16-5-8-3-13-4-9(8)6-16/h2,8-9,13H,3-6H2,1H3/t8-,9?/m0/s1. The summed E-state index contributed by atoms with van der Waals surface area (Å²) in [6.45, 7) is 6.56. The predicted octanol–water partition coefficient (Wildman–Crippen LogP) is 1.05. The van der Waals surface area contributed by atoms with Gasteiger partial charge in [-0.25, -0.2) is 9.97 Å². The van der Waals surface area contributed by atoms with Gasteiger partial charge in [-0.2, -0.15) is 0 Å². The van der Waals surface area contributed by atoms with E-state index in [4.69, 9.17) is 0 Å². The zero-order valence-electron chi connectivity index (χ0n) is 9.28. The smallest absolute Gasteiger partial charge is 0.226 e. The van der Waals surface area contributed by atoms with Crippen molar-refractivity contribution in [2.45, 2.75) is 6.92 Å². The fourth-order valence-corrected chi connectivity index (χ4v) is 3.34. The molecule has 4 nitrogen and oxygen atoms in total. The number of halogens is 1. The number of nitrogens with zero attached hydrogens (tertiary/aromatic N) is 3. The van der Waals surface area contributed by atoms with Gasteiger partial charge in [-0.3, -0.25) is 0 Å². The van der Waals surface area contributed by atoms with Crippen LogP contribution in [-0.2, 0) is 0 Å². The Hall–Kier alpha value is -0.430. The lowest BCUT2D eigenvalue weighted by molar-refractivity contribution is 0.533. The monoisotopic (exact) mass is 330 g/mol. The van der Waals surface area contributed by atoms with Crippen molar-refractivity contribution in [2.75, 3.05) is 31.1 Å². The van der Waals surface area contributed by atoms with E-state index in [2.05, 4.69) is 42.8 Å². The van der Waals surface area contributed by atoms with Gasteiger partial charge in [-0.1, -0.05) is 0 Å². The molecule has 1 N–H and O–H groups in total. The number of hydrogen-bond acceptors (Lipinski definition) is 4. The molecule has 5 heteroatoms. The van der Waals surface area contributed by atoms with Crippen LogP contribution >= 0.6 is 22.6 Å². The molecule has 0 spiro atoms. The highest BCUT2D eigenvalue weighted by atomic mass is 127. The SMILES string of the molecule is Cc1cc(I)nc(N2CC3CNC[C@H]3C2)n1. The highest BCUT2D eigenvalue weighted by Crippen LogP contribution is 2.28. The minimum atomic E-state index is 0.793. The number of aromatic nitrogens is 2. The quantitative estimate of drug-likeness (QED) is 0.617. The molecule has 0 aromatic carbocycles. The average molecular weight is 330 g/mol. The molecule has 2 atom stereocenters. The van der Waals surface area contributed by atoms with Gasteiger partial charge in [0.15, 0.2) is 0 Å². The van der Waals surface area contributed by atoms with E-state index in [1.54, 1.807) is 0 Å². The third kappa shape index (κ3) is 1.90. The van der Waals surface area contributed by atoms with Crippen molar-refractivity contribution in [3.63, 3.8) is 0 Å². The summed E-state index contributed by atoms with van der Waals surface area (Å²) < 4.78 is 1.04. The maximum atomic E-state index is 4.53. The Kier molecular flexibility index (Phi) is 2.75.